The van der Waals surface area contributed by atoms with Crippen LogP contribution in [0.5, 0.6) is 28.7 Å². The highest BCUT2D eigenvalue weighted by atomic mass is 16.5. The molecule has 0 aliphatic rings. The van der Waals surface area contributed by atoms with E-state index < -0.39 is 0 Å². The number of fused-ring (bicyclic) bond motifs is 15. The molecule has 0 bridgehead atoms. The summed E-state index contributed by atoms with van der Waals surface area (Å²) >= 11 is 0. The number of hydrogen-bond acceptors (Lipinski definition) is 15. The average Bonchev–Trinajstić information content (AvgIpc) is 1.66. The van der Waals surface area contributed by atoms with E-state index in [2.05, 4.69) is 128 Å². The Balaban J connectivity index is 0.000000146. The number of hydroxylamine groups is 5. The SMILES string of the molecule is O=C(CCCCCCCOc1ccc2c(c1)[nH]c1ccccc12)NO.O=C(CCCCCCCOc1cccc2[nH]c3ccccc3c12)NO.O=C(CCCCCCOc1ccc2c(c1)[nH]c1ccccc12)NO.O=C(CCCCCOc1ccc2c(c1)[nH]c1ccccc12)NO.O=C(CCCCOc1ccc2c(c1)[nH]c1ccccc12)NO. The van der Waals surface area contributed by atoms with Crippen molar-refractivity contribution in [1.29, 1.82) is 0 Å². The van der Waals surface area contributed by atoms with Crippen LogP contribution in [0.15, 0.2) is 212 Å². The zero-order chi connectivity index (χ0) is 83.2. The predicted molar refractivity (Wildman–Crippen MR) is 467 cm³/mol. The third kappa shape index (κ3) is 26.2. The third-order valence-corrected chi connectivity index (χ3v) is 20.6. The van der Waals surface area contributed by atoms with E-state index in [0.29, 0.717) is 71.6 Å². The van der Waals surface area contributed by atoms with Gasteiger partial charge in [0.05, 0.1) is 60.6 Å². The summed E-state index contributed by atoms with van der Waals surface area (Å²) < 4.78 is 29.2. The van der Waals surface area contributed by atoms with Crippen molar-refractivity contribution in [3.8, 4) is 28.7 Å². The van der Waals surface area contributed by atoms with Crippen molar-refractivity contribution in [2.45, 2.75) is 154 Å². The van der Waals surface area contributed by atoms with E-state index in [1.807, 2.05) is 109 Å². The molecule has 5 aromatic heterocycles. The molecule has 15 aromatic rings. The summed E-state index contributed by atoms with van der Waals surface area (Å²) in [5.74, 6) is 2.70. The first-order valence-corrected chi connectivity index (χ1v) is 41.2. The maximum absolute atomic E-state index is 10.9. The number of aromatic amines is 5. The fourth-order valence-electron chi connectivity index (χ4n) is 14.4. The van der Waals surface area contributed by atoms with E-state index >= 15 is 0 Å². The van der Waals surface area contributed by atoms with Gasteiger partial charge in [0, 0.05) is 138 Å². The molecule has 0 saturated carbocycles. The smallest absolute Gasteiger partial charge is 0.243 e. The largest absolute Gasteiger partial charge is 0.494 e. The minimum atomic E-state index is -0.362. The van der Waals surface area contributed by atoms with Gasteiger partial charge in [-0.3, -0.25) is 50.0 Å². The van der Waals surface area contributed by atoms with Gasteiger partial charge < -0.3 is 48.6 Å². The standard InChI is InChI=1S/2C20H24N2O3.C19H22N2O3.C18H20N2O3.C17H18N2O3/c23-19(22-24)13-4-2-1-3-7-14-25-18-12-8-11-17-20(18)15-9-5-6-10-16(15)21-17;23-20(22-24)10-4-2-1-3-7-13-25-15-11-12-17-16-8-5-6-9-18(16)21-19(17)14-15;22-19(21-23)9-3-1-2-6-12-24-14-10-11-16-15-7-4-5-8-17(15)20-18(16)13-14;21-18(20-22)8-2-1-5-11-23-13-9-10-15-14-6-3-4-7-16(14)19-17(15)12-13;20-17(19-21)7-3-4-10-22-12-8-9-14-13-5-1-2-6-15(13)18-16(14)11-12/h5-6,8-12,21,24H,1-4,7,13-14H2,(H,22,23);5-6,8-9,11-12,14,21,24H,1-4,7,10,13H2,(H,22,23);4-5,7-8,10-11,13,20,23H,1-3,6,9,12H2,(H,21,22);3-4,6-7,9-10,12,19,22H,1-2,5,8,11H2,(H,20,21);1-2,5-6,8-9,11,18,21H,3-4,7,10H2,(H,19,20). The molecular formula is C94H108N10O15. The number of amides is 5. The van der Waals surface area contributed by atoms with Gasteiger partial charge in [-0.15, -0.1) is 0 Å². The highest BCUT2D eigenvalue weighted by molar-refractivity contribution is 6.12. The molecule has 0 fully saturated rings. The van der Waals surface area contributed by atoms with Crippen LogP contribution in [0.1, 0.15) is 154 Å². The lowest BCUT2D eigenvalue weighted by molar-refractivity contribution is -0.130. The first kappa shape index (κ1) is 87.2. The van der Waals surface area contributed by atoms with Gasteiger partial charge in [-0.05, 0) is 162 Å². The van der Waals surface area contributed by atoms with Crippen molar-refractivity contribution >= 4 is 139 Å². The highest BCUT2D eigenvalue weighted by Crippen LogP contribution is 2.36. The van der Waals surface area contributed by atoms with Gasteiger partial charge in [0.1, 0.15) is 28.7 Å². The molecule has 15 rings (SSSR count). The molecule has 0 spiro atoms. The van der Waals surface area contributed by atoms with Crippen LogP contribution in [0.2, 0.25) is 0 Å². The van der Waals surface area contributed by atoms with Crippen molar-refractivity contribution in [2.75, 3.05) is 33.0 Å². The van der Waals surface area contributed by atoms with Crippen LogP contribution in [0.4, 0.5) is 0 Å². The monoisotopic (exact) mass is 1620 g/mol. The number of unbranched alkanes of at least 4 members (excludes halogenated alkanes) is 14. The Morgan fingerprint density at radius 3 is 0.748 bits per heavy atom. The Hall–Kier alpha value is -12.7. The molecule has 25 nitrogen and oxygen atoms in total. The molecular weight excluding hydrogens is 1510 g/mol. The van der Waals surface area contributed by atoms with Crippen LogP contribution in [0.3, 0.4) is 0 Å². The van der Waals surface area contributed by atoms with Crippen LogP contribution in [0, 0.1) is 0 Å². The Labute approximate surface area is 689 Å². The molecule has 624 valence electrons. The van der Waals surface area contributed by atoms with Gasteiger partial charge in [-0.2, -0.15) is 0 Å². The van der Waals surface area contributed by atoms with Gasteiger partial charge in [0.15, 0.2) is 0 Å². The Bertz CT molecular complexity index is 5730. The van der Waals surface area contributed by atoms with Crippen molar-refractivity contribution < 1.29 is 73.7 Å². The minimum Gasteiger partial charge on any atom is -0.494 e. The summed E-state index contributed by atoms with van der Waals surface area (Å²) in [5, 5.41) is 54.1. The second-order valence-electron chi connectivity index (χ2n) is 29.2. The zero-order valence-corrected chi connectivity index (χ0v) is 67.0. The van der Waals surface area contributed by atoms with E-state index in [9.17, 15) is 24.0 Å². The number of para-hydroxylation sites is 5. The third-order valence-electron chi connectivity index (χ3n) is 20.6. The zero-order valence-electron chi connectivity index (χ0n) is 67.0. The number of nitrogens with one attached hydrogen (secondary N) is 10. The fourth-order valence-corrected chi connectivity index (χ4v) is 14.4. The maximum atomic E-state index is 10.9. The molecule has 5 amide bonds. The van der Waals surface area contributed by atoms with Crippen LogP contribution in [-0.2, 0) is 24.0 Å². The Morgan fingerprint density at radius 1 is 0.218 bits per heavy atom. The maximum Gasteiger partial charge on any atom is 0.243 e. The van der Waals surface area contributed by atoms with E-state index in [-0.39, 0.29) is 29.5 Å². The number of carbonyl (C=O) groups excluding carboxylic acids is 5. The van der Waals surface area contributed by atoms with Crippen molar-refractivity contribution in [1.82, 2.24) is 52.3 Å². The number of H-pyrrole nitrogens is 5. The van der Waals surface area contributed by atoms with Crippen LogP contribution >= 0.6 is 0 Å². The van der Waals surface area contributed by atoms with Crippen molar-refractivity contribution in [3.05, 3.63) is 212 Å². The first-order chi connectivity index (χ1) is 58.4. The number of carbonyl (C=O) groups is 5. The average molecular weight is 1620 g/mol. The summed E-state index contributed by atoms with van der Waals surface area (Å²) in [6.07, 6.45) is 19.3. The summed E-state index contributed by atoms with van der Waals surface area (Å²) in [5.41, 5.74) is 19.3. The van der Waals surface area contributed by atoms with Crippen LogP contribution < -0.4 is 51.1 Å². The van der Waals surface area contributed by atoms with Gasteiger partial charge in [0.25, 0.3) is 0 Å². The van der Waals surface area contributed by atoms with Crippen molar-refractivity contribution in [2.24, 2.45) is 0 Å². The molecule has 0 atom stereocenters. The van der Waals surface area contributed by atoms with Crippen molar-refractivity contribution in [3.63, 3.8) is 0 Å². The number of hydrogen-bond donors (Lipinski definition) is 15. The van der Waals surface area contributed by atoms with E-state index in [1.165, 1.54) is 48.5 Å². The molecule has 0 aliphatic heterocycles. The number of aromatic nitrogens is 5. The lowest BCUT2D eigenvalue weighted by atomic mass is 10.1. The number of rotatable bonds is 39. The molecule has 0 saturated heterocycles. The lowest BCUT2D eigenvalue weighted by Crippen LogP contribution is -2.18. The molecule has 0 aliphatic carbocycles. The van der Waals surface area contributed by atoms with E-state index in [4.69, 9.17) is 49.7 Å². The summed E-state index contributed by atoms with van der Waals surface area (Å²) in [6.45, 7) is 3.22. The molecule has 0 radical (unpaired) electrons. The molecule has 119 heavy (non-hydrogen) atoms. The lowest BCUT2D eigenvalue weighted by Gasteiger charge is -2.08. The molecule has 25 heteroatoms. The van der Waals surface area contributed by atoms with E-state index in [0.717, 1.165) is 205 Å². The predicted octanol–water partition coefficient (Wildman–Crippen LogP) is 20.4. The summed E-state index contributed by atoms with van der Waals surface area (Å²) in [7, 11) is 0. The van der Waals surface area contributed by atoms with Gasteiger partial charge in [0.2, 0.25) is 29.5 Å². The topological polar surface area (TPSA) is 372 Å². The summed E-state index contributed by atoms with van der Waals surface area (Å²) in [6, 6.07) is 71.8. The second kappa shape index (κ2) is 46.9. The van der Waals surface area contributed by atoms with Crippen LogP contribution in [-0.4, -0.2) is 114 Å². The number of ether oxygens (including phenoxy) is 5. The molecule has 0 unspecified atom stereocenters. The minimum absolute atomic E-state index is 0.306. The quantitative estimate of drug-likeness (QED) is 0.00967. The molecule has 15 N–H and O–H groups in total. The van der Waals surface area contributed by atoms with Crippen LogP contribution in [0.25, 0.3) is 109 Å². The highest BCUT2D eigenvalue weighted by Gasteiger charge is 2.14. The van der Waals surface area contributed by atoms with Gasteiger partial charge >= 0.3 is 0 Å². The number of benzene rings is 10. The molecule has 10 aromatic carbocycles. The Morgan fingerprint density at radius 2 is 0.437 bits per heavy atom. The fraction of sp³-hybridized carbons (Fsp3) is 0.309. The second-order valence-corrected chi connectivity index (χ2v) is 29.2. The van der Waals surface area contributed by atoms with Gasteiger partial charge in [-0.1, -0.05) is 148 Å². The Kier molecular flexibility index (Phi) is 34.4. The summed E-state index contributed by atoms with van der Waals surface area (Å²) in [4.78, 5) is 71.4. The van der Waals surface area contributed by atoms with Gasteiger partial charge in [-0.25, -0.2) is 27.4 Å². The molecule has 5 heterocycles. The van der Waals surface area contributed by atoms with E-state index in [1.54, 1.807) is 27.4 Å². The normalized spacial score (nSPS) is 11.0. The first-order valence-electron chi connectivity index (χ1n) is 41.2.